The zero-order valence-corrected chi connectivity index (χ0v) is 11.2. The van der Waals surface area contributed by atoms with Crippen molar-refractivity contribution >= 4 is 6.09 Å². The van der Waals surface area contributed by atoms with Crippen LogP contribution in [-0.4, -0.2) is 36.2 Å². The topological polar surface area (TPSA) is 78.3 Å². The highest BCUT2D eigenvalue weighted by molar-refractivity contribution is 5.68. The van der Waals surface area contributed by atoms with E-state index in [2.05, 4.69) is 10.0 Å². The molecule has 100 valence electrons. The van der Waals surface area contributed by atoms with Crippen LogP contribution in [0, 0.1) is 11.3 Å². The summed E-state index contributed by atoms with van der Waals surface area (Å²) in [6, 6.07) is 0. The zero-order valence-electron chi connectivity index (χ0n) is 11.2. The Kier molecular flexibility index (Phi) is 3.15. The molecule has 1 heterocycles. The van der Waals surface area contributed by atoms with Gasteiger partial charge in [0, 0.05) is 24.5 Å². The zero-order chi connectivity index (χ0) is 13.4. The van der Waals surface area contributed by atoms with Gasteiger partial charge in [0.15, 0.2) is 0 Å². The summed E-state index contributed by atoms with van der Waals surface area (Å²) in [4.78, 5) is 16.5. The van der Waals surface area contributed by atoms with Gasteiger partial charge < -0.3 is 9.64 Å². The SMILES string of the molecule is CC(C)(C)OC(=O)N1CCC2(CC2CN=[N+]=[N-])C1. The number of hydrogen-bond acceptors (Lipinski definition) is 3. The van der Waals surface area contributed by atoms with Gasteiger partial charge in [0.25, 0.3) is 0 Å². The van der Waals surface area contributed by atoms with E-state index in [1.165, 1.54) is 0 Å². The minimum Gasteiger partial charge on any atom is -0.444 e. The Bertz CT molecular complexity index is 397. The molecule has 18 heavy (non-hydrogen) atoms. The molecule has 0 bridgehead atoms. The van der Waals surface area contributed by atoms with Crippen LogP contribution in [0.5, 0.6) is 0 Å². The van der Waals surface area contributed by atoms with Gasteiger partial charge in [-0.05, 0) is 50.5 Å². The summed E-state index contributed by atoms with van der Waals surface area (Å²) >= 11 is 0. The number of nitrogens with zero attached hydrogens (tertiary/aromatic N) is 4. The molecule has 0 N–H and O–H groups in total. The monoisotopic (exact) mass is 252 g/mol. The Morgan fingerprint density at radius 2 is 2.33 bits per heavy atom. The largest absolute Gasteiger partial charge is 0.444 e. The molecule has 2 rings (SSSR count). The summed E-state index contributed by atoms with van der Waals surface area (Å²) in [6.07, 6.45) is 1.83. The number of likely N-dealkylation sites (tertiary alicyclic amines) is 1. The highest BCUT2D eigenvalue weighted by Gasteiger charge is 2.57. The molecule has 1 saturated carbocycles. The van der Waals surface area contributed by atoms with E-state index in [1.807, 2.05) is 20.8 Å². The van der Waals surface area contributed by atoms with Crippen LogP contribution in [0.4, 0.5) is 4.79 Å². The second-order valence-electron chi connectivity index (χ2n) is 6.33. The number of azide groups is 1. The molecule has 6 nitrogen and oxygen atoms in total. The second-order valence-corrected chi connectivity index (χ2v) is 6.33. The van der Waals surface area contributed by atoms with E-state index in [1.54, 1.807) is 4.90 Å². The quantitative estimate of drug-likeness (QED) is 0.430. The van der Waals surface area contributed by atoms with Crippen LogP contribution in [0.15, 0.2) is 5.11 Å². The summed E-state index contributed by atoms with van der Waals surface area (Å²) in [5.41, 5.74) is 8.07. The molecule has 0 aromatic rings. The van der Waals surface area contributed by atoms with Crippen molar-refractivity contribution < 1.29 is 9.53 Å². The average Bonchev–Trinajstić information content (AvgIpc) is 2.70. The van der Waals surface area contributed by atoms with Crippen molar-refractivity contribution in [1.82, 2.24) is 4.90 Å². The van der Waals surface area contributed by atoms with Gasteiger partial charge in [-0.2, -0.15) is 0 Å². The number of ether oxygens (including phenoxy) is 1. The fourth-order valence-electron chi connectivity index (χ4n) is 2.70. The summed E-state index contributed by atoms with van der Waals surface area (Å²) in [6.45, 7) is 7.67. The maximum absolute atomic E-state index is 11.9. The summed E-state index contributed by atoms with van der Waals surface area (Å²) in [5, 5.41) is 3.63. The Hall–Kier alpha value is -1.42. The highest BCUT2D eigenvalue weighted by atomic mass is 16.6. The number of carbonyl (C=O) groups is 1. The van der Waals surface area contributed by atoms with Crippen molar-refractivity contribution in [1.29, 1.82) is 0 Å². The predicted molar refractivity (Wildman–Crippen MR) is 67.0 cm³/mol. The van der Waals surface area contributed by atoms with E-state index in [0.29, 0.717) is 12.5 Å². The standard InChI is InChI=1S/C12H20N4O2/c1-11(2,3)18-10(17)16-5-4-12(8-16)6-9(12)7-14-15-13/h9H,4-8H2,1-3H3. The van der Waals surface area contributed by atoms with Crippen LogP contribution in [0.1, 0.15) is 33.6 Å². The molecule has 1 aliphatic heterocycles. The molecule has 0 aromatic heterocycles. The van der Waals surface area contributed by atoms with E-state index in [4.69, 9.17) is 10.3 Å². The fraction of sp³-hybridized carbons (Fsp3) is 0.917. The van der Waals surface area contributed by atoms with Gasteiger partial charge in [-0.3, -0.25) is 0 Å². The molecule has 2 unspecified atom stereocenters. The van der Waals surface area contributed by atoms with Gasteiger partial charge in [0.05, 0.1) is 0 Å². The minimum atomic E-state index is -0.444. The van der Waals surface area contributed by atoms with Crippen molar-refractivity contribution in [3.63, 3.8) is 0 Å². The normalized spacial score (nSPS) is 30.2. The Labute approximate surface area is 107 Å². The van der Waals surface area contributed by atoms with Gasteiger partial charge in [0.1, 0.15) is 5.60 Å². The summed E-state index contributed by atoms with van der Waals surface area (Å²) in [7, 11) is 0. The third kappa shape index (κ3) is 2.70. The molecule has 2 atom stereocenters. The van der Waals surface area contributed by atoms with Gasteiger partial charge in [-0.15, -0.1) is 0 Å². The van der Waals surface area contributed by atoms with E-state index in [0.717, 1.165) is 25.9 Å². The smallest absolute Gasteiger partial charge is 0.410 e. The molecule has 0 aromatic carbocycles. The Morgan fingerprint density at radius 1 is 1.61 bits per heavy atom. The lowest BCUT2D eigenvalue weighted by Crippen LogP contribution is -2.35. The average molecular weight is 252 g/mol. The van der Waals surface area contributed by atoms with Gasteiger partial charge in [0.2, 0.25) is 0 Å². The van der Waals surface area contributed by atoms with Crippen molar-refractivity contribution in [2.24, 2.45) is 16.4 Å². The number of hydrogen-bond donors (Lipinski definition) is 0. The van der Waals surface area contributed by atoms with Crippen molar-refractivity contribution in [2.45, 2.75) is 39.2 Å². The maximum Gasteiger partial charge on any atom is 0.410 e. The Morgan fingerprint density at radius 3 is 2.94 bits per heavy atom. The van der Waals surface area contributed by atoms with Crippen molar-refractivity contribution in [2.75, 3.05) is 19.6 Å². The van der Waals surface area contributed by atoms with Crippen LogP contribution >= 0.6 is 0 Å². The molecular formula is C12H20N4O2. The lowest BCUT2D eigenvalue weighted by Gasteiger charge is -2.24. The maximum atomic E-state index is 11.9. The molecule has 1 aliphatic carbocycles. The van der Waals surface area contributed by atoms with Gasteiger partial charge in [-0.1, -0.05) is 5.11 Å². The fourth-order valence-corrected chi connectivity index (χ4v) is 2.70. The van der Waals surface area contributed by atoms with Gasteiger partial charge >= 0.3 is 6.09 Å². The first-order valence-electron chi connectivity index (χ1n) is 6.35. The molecule has 6 heteroatoms. The number of rotatable bonds is 2. The first kappa shape index (κ1) is 13.0. The molecular weight excluding hydrogens is 232 g/mol. The molecule has 1 spiro atoms. The van der Waals surface area contributed by atoms with E-state index < -0.39 is 5.60 Å². The van der Waals surface area contributed by atoms with Crippen molar-refractivity contribution in [3.8, 4) is 0 Å². The lowest BCUT2D eigenvalue weighted by molar-refractivity contribution is 0.0284. The summed E-state index contributed by atoms with van der Waals surface area (Å²) in [5.74, 6) is 0.445. The van der Waals surface area contributed by atoms with E-state index in [-0.39, 0.29) is 11.5 Å². The Balaban J connectivity index is 1.86. The predicted octanol–water partition coefficient (Wildman–Crippen LogP) is 2.94. The molecule has 2 fully saturated rings. The molecule has 0 radical (unpaired) electrons. The molecule has 2 aliphatic rings. The number of amides is 1. The van der Waals surface area contributed by atoms with E-state index in [9.17, 15) is 4.79 Å². The van der Waals surface area contributed by atoms with Crippen LogP contribution in [0.25, 0.3) is 10.4 Å². The molecule has 1 amide bonds. The number of carbonyl (C=O) groups excluding carboxylic acids is 1. The van der Waals surface area contributed by atoms with Crippen LogP contribution in [0.3, 0.4) is 0 Å². The minimum absolute atomic E-state index is 0.199. The van der Waals surface area contributed by atoms with Crippen LogP contribution in [0.2, 0.25) is 0 Å². The first-order chi connectivity index (χ1) is 8.36. The third-order valence-electron chi connectivity index (χ3n) is 3.76. The van der Waals surface area contributed by atoms with E-state index >= 15 is 0 Å². The first-order valence-corrected chi connectivity index (χ1v) is 6.35. The molecule has 1 saturated heterocycles. The van der Waals surface area contributed by atoms with Crippen LogP contribution < -0.4 is 0 Å². The third-order valence-corrected chi connectivity index (χ3v) is 3.76. The second kappa shape index (κ2) is 4.35. The lowest BCUT2D eigenvalue weighted by atomic mass is 10.0. The highest BCUT2D eigenvalue weighted by Crippen LogP contribution is 2.58. The van der Waals surface area contributed by atoms with Crippen molar-refractivity contribution in [3.05, 3.63) is 10.4 Å². The van der Waals surface area contributed by atoms with Crippen LogP contribution in [-0.2, 0) is 4.74 Å². The van der Waals surface area contributed by atoms with Gasteiger partial charge in [-0.25, -0.2) is 4.79 Å². The summed E-state index contributed by atoms with van der Waals surface area (Å²) < 4.78 is 5.36.